The fraction of sp³-hybridized carbons (Fsp3) is 0.300. The Balaban J connectivity index is 1.38. The number of anilines is 2. The Bertz CT molecular complexity index is 1070. The van der Waals surface area contributed by atoms with Gasteiger partial charge in [0.05, 0.1) is 23.0 Å². The molecule has 0 unspecified atom stereocenters. The van der Waals surface area contributed by atoms with Gasteiger partial charge in [-0.1, -0.05) is 12.1 Å². The van der Waals surface area contributed by atoms with Gasteiger partial charge >= 0.3 is 0 Å². The summed E-state index contributed by atoms with van der Waals surface area (Å²) in [5, 5.41) is 10.1. The topological polar surface area (TPSA) is 94.2 Å². The number of H-pyrrole nitrogens is 1. The van der Waals surface area contributed by atoms with Gasteiger partial charge in [-0.05, 0) is 36.6 Å². The van der Waals surface area contributed by atoms with Crippen molar-refractivity contribution in [2.24, 2.45) is 0 Å². The number of aromatic nitrogens is 3. The molecule has 4 heterocycles. The first-order valence-corrected chi connectivity index (χ1v) is 9.45. The lowest BCUT2D eigenvalue weighted by Gasteiger charge is -2.20. The van der Waals surface area contributed by atoms with E-state index in [0.717, 1.165) is 42.5 Å². The highest BCUT2D eigenvalue weighted by molar-refractivity contribution is 6.05. The third-order valence-electron chi connectivity index (χ3n) is 5.36. The standard InChI is InChI=1S/C20H20N6O2/c27-18(25-8-1-2-9-25)12-26-11-13-4-3-5-15(19(13)20(26)28)22-17-7-6-14-16(23-17)10-21-24-14/h3-7,10H,1-2,8-9,11-12H2,(H,21,24)(H,22,23). The highest BCUT2D eigenvalue weighted by Crippen LogP contribution is 2.31. The largest absolute Gasteiger partial charge is 0.341 e. The normalized spacial score (nSPS) is 16.1. The molecule has 28 heavy (non-hydrogen) atoms. The van der Waals surface area contributed by atoms with Gasteiger partial charge in [0.15, 0.2) is 0 Å². The molecule has 0 radical (unpaired) electrons. The molecule has 1 saturated heterocycles. The number of nitrogens with one attached hydrogen (secondary N) is 2. The van der Waals surface area contributed by atoms with Crippen molar-refractivity contribution in [3.63, 3.8) is 0 Å². The van der Waals surface area contributed by atoms with E-state index in [9.17, 15) is 9.59 Å². The molecule has 1 aromatic carbocycles. The molecule has 2 aliphatic heterocycles. The van der Waals surface area contributed by atoms with E-state index in [1.165, 1.54) is 0 Å². The molecular formula is C20H20N6O2. The number of nitrogens with zero attached hydrogens (tertiary/aromatic N) is 4. The molecule has 142 valence electrons. The van der Waals surface area contributed by atoms with Crippen molar-refractivity contribution in [2.45, 2.75) is 19.4 Å². The zero-order valence-corrected chi connectivity index (χ0v) is 15.3. The molecule has 2 N–H and O–H groups in total. The van der Waals surface area contributed by atoms with Crippen LogP contribution >= 0.6 is 0 Å². The number of fused-ring (bicyclic) bond motifs is 2. The number of hydrogen-bond acceptors (Lipinski definition) is 5. The summed E-state index contributed by atoms with van der Waals surface area (Å²) in [6, 6.07) is 9.45. The summed E-state index contributed by atoms with van der Waals surface area (Å²) < 4.78 is 0. The minimum absolute atomic E-state index is 0.0280. The molecule has 0 spiro atoms. The predicted molar refractivity (Wildman–Crippen MR) is 104 cm³/mol. The highest BCUT2D eigenvalue weighted by atomic mass is 16.2. The lowest BCUT2D eigenvalue weighted by Crippen LogP contribution is -2.39. The van der Waals surface area contributed by atoms with Crippen LogP contribution in [0.3, 0.4) is 0 Å². The van der Waals surface area contributed by atoms with Crippen molar-refractivity contribution in [1.29, 1.82) is 0 Å². The molecule has 1 fully saturated rings. The minimum Gasteiger partial charge on any atom is -0.341 e. The van der Waals surface area contributed by atoms with E-state index in [4.69, 9.17) is 0 Å². The average Bonchev–Trinajstić information content (AvgIpc) is 3.43. The van der Waals surface area contributed by atoms with Crippen LogP contribution in [0.15, 0.2) is 36.5 Å². The Morgan fingerprint density at radius 2 is 2.04 bits per heavy atom. The maximum absolute atomic E-state index is 13.0. The van der Waals surface area contributed by atoms with Gasteiger partial charge in [0, 0.05) is 19.6 Å². The molecule has 8 nitrogen and oxygen atoms in total. The third-order valence-corrected chi connectivity index (χ3v) is 5.36. The summed E-state index contributed by atoms with van der Waals surface area (Å²) in [6.07, 6.45) is 3.75. The Morgan fingerprint density at radius 1 is 1.18 bits per heavy atom. The second-order valence-corrected chi connectivity index (χ2v) is 7.21. The van der Waals surface area contributed by atoms with Gasteiger partial charge in [-0.15, -0.1) is 0 Å². The van der Waals surface area contributed by atoms with Gasteiger partial charge in [-0.25, -0.2) is 4.98 Å². The van der Waals surface area contributed by atoms with Crippen LogP contribution < -0.4 is 5.32 Å². The first kappa shape index (κ1) is 16.7. The number of benzene rings is 1. The number of likely N-dealkylation sites (tertiary alicyclic amines) is 1. The maximum Gasteiger partial charge on any atom is 0.257 e. The van der Waals surface area contributed by atoms with Crippen LogP contribution in [0.5, 0.6) is 0 Å². The molecule has 3 aromatic rings. The number of carbonyl (C=O) groups is 2. The molecule has 2 aliphatic rings. The predicted octanol–water partition coefficient (Wildman–Crippen LogP) is 2.28. The molecule has 0 saturated carbocycles. The Hall–Kier alpha value is -3.42. The van der Waals surface area contributed by atoms with Crippen LogP contribution in [0.4, 0.5) is 11.5 Å². The molecule has 0 aliphatic carbocycles. The first-order chi connectivity index (χ1) is 13.7. The first-order valence-electron chi connectivity index (χ1n) is 9.45. The minimum atomic E-state index is -0.116. The van der Waals surface area contributed by atoms with Crippen LogP contribution in [-0.2, 0) is 11.3 Å². The van der Waals surface area contributed by atoms with Gasteiger partial charge in [0.25, 0.3) is 5.91 Å². The van der Waals surface area contributed by atoms with Crippen molar-refractivity contribution in [2.75, 3.05) is 25.0 Å². The molecule has 2 aromatic heterocycles. The Kier molecular flexibility index (Phi) is 3.96. The van der Waals surface area contributed by atoms with E-state index >= 15 is 0 Å². The lowest BCUT2D eigenvalue weighted by molar-refractivity contribution is -0.130. The van der Waals surface area contributed by atoms with Gasteiger partial charge < -0.3 is 15.1 Å². The van der Waals surface area contributed by atoms with Crippen molar-refractivity contribution in [1.82, 2.24) is 25.0 Å². The summed E-state index contributed by atoms with van der Waals surface area (Å²) in [5.41, 5.74) is 3.85. The molecular weight excluding hydrogens is 356 g/mol. The number of rotatable bonds is 4. The maximum atomic E-state index is 13.0. The Morgan fingerprint density at radius 3 is 2.89 bits per heavy atom. The van der Waals surface area contributed by atoms with Crippen LogP contribution in [-0.4, -0.2) is 56.4 Å². The number of pyridine rings is 1. The summed E-state index contributed by atoms with van der Waals surface area (Å²) in [4.78, 5) is 33.5. The fourth-order valence-corrected chi connectivity index (χ4v) is 3.92. The number of carbonyl (C=O) groups excluding carboxylic acids is 2. The van der Waals surface area contributed by atoms with E-state index in [2.05, 4.69) is 20.5 Å². The van der Waals surface area contributed by atoms with E-state index in [1.54, 1.807) is 11.1 Å². The van der Waals surface area contributed by atoms with Crippen molar-refractivity contribution in [3.8, 4) is 0 Å². The number of aromatic amines is 1. The lowest BCUT2D eigenvalue weighted by atomic mass is 10.1. The quantitative estimate of drug-likeness (QED) is 0.729. The summed E-state index contributed by atoms with van der Waals surface area (Å²) in [7, 11) is 0. The second-order valence-electron chi connectivity index (χ2n) is 7.21. The van der Waals surface area contributed by atoms with E-state index in [0.29, 0.717) is 23.6 Å². The van der Waals surface area contributed by atoms with E-state index in [-0.39, 0.29) is 18.4 Å². The van der Waals surface area contributed by atoms with Gasteiger partial charge in [-0.3, -0.25) is 14.7 Å². The molecule has 8 heteroatoms. The van der Waals surface area contributed by atoms with Crippen LogP contribution in [0.25, 0.3) is 11.0 Å². The Labute approximate surface area is 161 Å². The van der Waals surface area contributed by atoms with Gasteiger partial charge in [0.2, 0.25) is 5.91 Å². The molecule has 0 bridgehead atoms. The SMILES string of the molecule is O=C(CN1Cc2cccc(Nc3ccc4[nH]ncc4n3)c2C1=O)N1CCCC1. The van der Waals surface area contributed by atoms with Crippen LogP contribution in [0.2, 0.25) is 0 Å². The number of amides is 2. The highest BCUT2D eigenvalue weighted by Gasteiger charge is 2.32. The van der Waals surface area contributed by atoms with Crippen molar-refractivity contribution >= 4 is 34.4 Å². The van der Waals surface area contributed by atoms with Crippen molar-refractivity contribution < 1.29 is 9.59 Å². The van der Waals surface area contributed by atoms with Gasteiger partial charge in [0.1, 0.15) is 17.9 Å². The van der Waals surface area contributed by atoms with Crippen LogP contribution in [0, 0.1) is 0 Å². The summed E-state index contributed by atoms with van der Waals surface area (Å²) >= 11 is 0. The fourth-order valence-electron chi connectivity index (χ4n) is 3.92. The smallest absolute Gasteiger partial charge is 0.257 e. The third kappa shape index (κ3) is 2.87. The number of hydrogen-bond donors (Lipinski definition) is 2. The zero-order chi connectivity index (χ0) is 19.1. The molecule has 2 amide bonds. The zero-order valence-electron chi connectivity index (χ0n) is 15.3. The van der Waals surface area contributed by atoms with E-state index in [1.807, 2.05) is 35.2 Å². The second kappa shape index (κ2) is 6.63. The average molecular weight is 376 g/mol. The van der Waals surface area contributed by atoms with Crippen molar-refractivity contribution in [3.05, 3.63) is 47.7 Å². The monoisotopic (exact) mass is 376 g/mol. The summed E-state index contributed by atoms with van der Waals surface area (Å²) in [5.74, 6) is 0.553. The molecule has 5 rings (SSSR count). The summed E-state index contributed by atoms with van der Waals surface area (Å²) in [6.45, 7) is 2.18. The van der Waals surface area contributed by atoms with E-state index < -0.39 is 0 Å². The molecule has 0 atom stereocenters. The van der Waals surface area contributed by atoms with Crippen LogP contribution in [0.1, 0.15) is 28.8 Å². The van der Waals surface area contributed by atoms with Gasteiger partial charge in [-0.2, -0.15) is 5.10 Å².